The first-order chi connectivity index (χ1) is 9.91. The highest BCUT2D eigenvalue weighted by Crippen LogP contribution is 2.36. The first kappa shape index (κ1) is 15.9. The Kier molecular flexibility index (Phi) is 4.92. The summed E-state index contributed by atoms with van der Waals surface area (Å²) in [4.78, 5) is 4.17. The highest BCUT2D eigenvalue weighted by Gasteiger charge is 2.33. The van der Waals surface area contributed by atoms with Gasteiger partial charge in [0.15, 0.2) is 0 Å². The molecule has 21 heavy (non-hydrogen) atoms. The minimum Gasteiger partial charge on any atom is -0.377 e. The Bertz CT molecular complexity index is 608. The van der Waals surface area contributed by atoms with Gasteiger partial charge in [0.2, 0.25) is 0 Å². The molecule has 0 unspecified atom stereocenters. The normalized spacial score (nSPS) is 11.7. The van der Waals surface area contributed by atoms with Crippen LogP contribution in [0.2, 0.25) is 0 Å². The molecule has 0 saturated heterocycles. The maximum Gasteiger partial charge on any atom is 0.418 e. The van der Waals surface area contributed by atoms with Gasteiger partial charge in [-0.3, -0.25) is 0 Å². The molecule has 1 aromatic heterocycles. The van der Waals surface area contributed by atoms with Crippen molar-refractivity contribution in [1.29, 1.82) is 0 Å². The molecule has 0 bridgehead atoms. The lowest BCUT2D eigenvalue weighted by molar-refractivity contribution is -0.137. The molecule has 1 N–H and O–H groups in total. The zero-order valence-corrected chi connectivity index (χ0v) is 13.0. The van der Waals surface area contributed by atoms with E-state index in [1.807, 2.05) is 17.7 Å². The van der Waals surface area contributed by atoms with Crippen LogP contribution in [0.15, 0.2) is 35.1 Å². The molecule has 1 heterocycles. The van der Waals surface area contributed by atoms with Crippen LogP contribution in [0.1, 0.15) is 24.7 Å². The summed E-state index contributed by atoms with van der Waals surface area (Å²) in [5, 5.41) is 2.82. The second-order valence-corrected chi connectivity index (χ2v) is 5.49. The first-order valence-electron chi connectivity index (χ1n) is 6.52. The van der Waals surface area contributed by atoms with Crippen LogP contribution >= 0.6 is 15.9 Å². The van der Waals surface area contributed by atoms with Crippen LogP contribution < -0.4 is 5.32 Å². The topological polar surface area (TPSA) is 29.9 Å². The van der Waals surface area contributed by atoms with E-state index in [4.69, 9.17) is 0 Å². The number of nitrogens with one attached hydrogen (secondary N) is 1. The number of rotatable bonds is 5. The third-order valence-corrected chi connectivity index (χ3v) is 3.48. The largest absolute Gasteiger partial charge is 0.418 e. The van der Waals surface area contributed by atoms with Crippen molar-refractivity contribution >= 4 is 21.6 Å². The molecule has 0 fully saturated rings. The van der Waals surface area contributed by atoms with Gasteiger partial charge in [-0.2, -0.15) is 13.2 Å². The third kappa shape index (κ3) is 4.00. The highest BCUT2D eigenvalue weighted by molar-refractivity contribution is 9.10. The fourth-order valence-corrected chi connectivity index (χ4v) is 2.39. The number of halogens is 4. The van der Waals surface area contributed by atoms with Gasteiger partial charge in [0, 0.05) is 29.1 Å². The summed E-state index contributed by atoms with van der Waals surface area (Å²) in [5.74, 6) is 0.716. The number of hydrogen-bond donors (Lipinski definition) is 1. The molecular formula is C14H15BrF3N3. The number of hydrogen-bond acceptors (Lipinski definition) is 2. The van der Waals surface area contributed by atoms with Crippen molar-refractivity contribution in [2.24, 2.45) is 0 Å². The van der Waals surface area contributed by atoms with E-state index in [0.717, 1.165) is 19.0 Å². The van der Waals surface area contributed by atoms with E-state index in [1.165, 1.54) is 6.07 Å². The number of aromatic nitrogens is 2. The van der Waals surface area contributed by atoms with E-state index < -0.39 is 11.7 Å². The van der Waals surface area contributed by atoms with E-state index >= 15 is 0 Å². The lowest BCUT2D eigenvalue weighted by Gasteiger charge is -2.15. The zero-order chi connectivity index (χ0) is 15.5. The van der Waals surface area contributed by atoms with Crippen LogP contribution in [-0.2, 0) is 19.3 Å². The van der Waals surface area contributed by atoms with Crippen molar-refractivity contribution in [1.82, 2.24) is 9.55 Å². The maximum absolute atomic E-state index is 13.0. The van der Waals surface area contributed by atoms with Crippen LogP contribution in [0.5, 0.6) is 0 Å². The van der Waals surface area contributed by atoms with E-state index in [1.54, 1.807) is 12.3 Å². The van der Waals surface area contributed by atoms with Crippen molar-refractivity contribution in [3.8, 4) is 0 Å². The molecule has 7 heteroatoms. The van der Waals surface area contributed by atoms with E-state index in [2.05, 4.69) is 26.2 Å². The SMILES string of the molecule is CCCn1ccnc1CNc1ccc(Br)cc1C(F)(F)F. The van der Waals surface area contributed by atoms with Gasteiger partial charge in [-0.05, 0) is 24.6 Å². The molecule has 2 rings (SSSR count). The molecule has 3 nitrogen and oxygen atoms in total. The molecular weight excluding hydrogens is 347 g/mol. The standard InChI is InChI=1S/C14H15BrF3N3/c1-2-6-21-7-5-19-13(21)9-20-12-4-3-10(15)8-11(12)14(16,17)18/h3-5,7-8,20H,2,6,9H2,1H3. The average Bonchev–Trinajstić information content (AvgIpc) is 2.84. The quantitative estimate of drug-likeness (QED) is 0.837. The Morgan fingerprint density at radius 3 is 2.76 bits per heavy atom. The Balaban J connectivity index is 2.18. The van der Waals surface area contributed by atoms with Crippen molar-refractivity contribution in [3.63, 3.8) is 0 Å². The summed E-state index contributed by atoms with van der Waals surface area (Å²) in [6.45, 7) is 3.08. The molecule has 0 saturated carbocycles. The van der Waals surface area contributed by atoms with Crippen molar-refractivity contribution < 1.29 is 13.2 Å². The number of alkyl halides is 3. The van der Waals surface area contributed by atoms with Gasteiger partial charge in [-0.15, -0.1) is 0 Å². The van der Waals surface area contributed by atoms with Gasteiger partial charge in [0.05, 0.1) is 12.1 Å². The molecule has 0 aliphatic rings. The molecule has 0 aliphatic carbocycles. The monoisotopic (exact) mass is 361 g/mol. The number of imidazole rings is 1. The Labute approximate surface area is 129 Å². The molecule has 114 valence electrons. The number of anilines is 1. The molecule has 0 aliphatic heterocycles. The predicted molar refractivity (Wildman–Crippen MR) is 79.0 cm³/mol. The van der Waals surface area contributed by atoms with Crippen molar-refractivity contribution in [2.75, 3.05) is 5.32 Å². The molecule has 0 amide bonds. The molecule has 1 aromatic carbocycles. The van der Waals surface area contributed by atoms with E-state index in [9.17, 15) is 13.2 Å². The average molecular weight is 362 g/mol. The molecule has 0 spiro atoms. The van der Waals surface area contributed by atoms with Gasteiger partial charge in [-0.25, -0.2) is 4.98 Å². The van der Waals surface area contributed by atoms with Crippen LogP contribution in [0, 0.1) is 0 Å². The van der Waals surface area contributed by atoms with Crippen LogP contribution in [-0.4, -0.2) is 9.55 Å². The second kappa shape index (κ2) is 6.51. The fraction of sp³-hybridized carbons (Fsp3) is 0.357. The molecule has 0 atom stereocenters. The number of nitrogens with zero attached hydrogens (tertiary/aromatic N) is 2. The summed E-state index contributed by atoms with van der Waals surface area (Å²) >= 11 is 3.07. The summed E-state index contributed by atoms with van der Waals surface area (Å²) in [7, 11) is 0. The predicted octanol–water partition coefficient (Wildman–Crippen LogP) is 4.69. The minimum atomic E-state index is -4.40. The van der Waals surface area contributed by atoms with E-state index in [0.29, 0.717) is 10.3 Å². The molecule has 2 aromatic rings. The van der Waals surface area contributed by atoms with Gasteiger partial charge in [0.25, 0.3) is 0 Å². The smallest absolute Gasteiger partial charge is 0.377 e. The Hall–Kier alpha value is -1.50. The summed E-state index contributed by atoms with van der Waals surface area (Å²) in [6, 6.07) is 4.07. The molecule has 0 radical (unpaired) electrons. The van der Waals surface area contributed by atoms with Crippen LogP contribution in [0.25, 0.3) is 0 Å². The minimum absolute atomic E-state index is 0.0525. The lowest BCUT2D eigenvalue weighted by atomic mass is 10.1. The second-order valence-electron chi connectivity index (χ2n) is 4.58. The third-order valence-electron chi connectivity index (χ3n) is 2.99. The van der Waals surface area contributed by atoms with Gasteiger partial charge >= 0.3 is 6.18 Å². The Morgan fingerprint density at radius 2 is 2.10 bits per heavy atom. The van der Waals surface area contributed by atoms with Gasteiger partial charge in [-0.1, -0.05) is 22.9 Å². The summed E-state index contributed by atoms with van der Waals surface area (Å²) in [5.41, 5.74) is -0.637. The van der Waals surface area contributed by atoms with Crippen molar-refractivity contribution in [3.05, 3.63) is 46.5 Å². The first-order valence-corrected chi connectivity index (χ1v) is 7.31. The van der Waals surface area contributed by atoms with Crippen molar-refractivity contribution in [2.45, 2.75) is 32.6 Å². The maximum atomic E-state index is 13.0. The Morgan fingerprint density at radius 1 is 1.33 bits per heavy atom. The summed E-state index contributed by atoms with van der Waals surface area (Å²) in [6.07, 6.45) is 0.0199. The fourth-order valence-electron chi connectivity index (χ4n) is 2.03. The number of aryl methyl sites for hydroxylation is 1. The zero-order valence-electron chi connectivity index (χ0n) is 11.4. The van der Waals surface area contributed by atoms with Gasteiger partial charge in [0.1, 0.15) is 5.82 Å². The van der Waals surface area contributed by atoms with E-state index in [-0.39, 0.29) is 12.2 Å². The highest BCUT2D eigenvalue weighted by atomic mass is 79.9. The van der Waals surface area contributed by atoms with Crippen LogP contribution in [0.3, 0.4) is 0 Å². The summed E-state index contributed by atoms with van der Waals surface area (Å²) < 4.78 is 41.4. The van der Waals surface area contributed by atoms with Gasteiger partial charge < -0.3 is 9.88 Å². The lowest BCUT2D eigenvalue weighted by Crippen LogP contribution is -2.13. The number of benzene rings is 1. The van der Waals surface area contributed by atoms with Crippen LogP contribution in [0.4, 0.5) is 18.9 Å².